The van der Waals surface area contributed by atoms with Gasteiger partial charge >= 0.3 is 0 Å². The SMILES string of the molecule is Cc1c(C(C)(C)C)sc(=NS(=O)(=O)c2ccc(F)cc2)n1CC1CC1. The summed E-state index contributed by atoms with van der Waals surface area (Å²) < 4.78 is 44.5. The van der Waals surface area contributed by atoms with Crippen LogP contribution in [0.15, 0.2) is 33.6 Å². The highest BCUT2D eigenvalue weighted by molar-refractivity contribution is 7.90. The molecule has 3 rings (SSSR count). The van der Waals surface area contributed by atoms with Crippen LogP contribution in [0.2, 0.25) is 0 Å². The maximum Gasteiger partial charge on any atom is 0.285 e. The molecule has 1 aromatic heterocycles. The number of hydrogen-bond donors (Lipinski definition) is 0. The third-order valence-electron chi connectivity index (χ3n) is 4.29. The lowest BCUT2D eigenvalue weighted by molar-refractivity contribution is 0.562. The predicted molar refractivity (Wildman–Crippen MR) is 97.6 cm³/mol. The second-order valence-electron chi connectivity index (χ2n) is 7.62. The van der Waals surface area contributed by atoms with Crippen LogP contribution >= 0.6 is 11.3 Å². The molecule has 1 heterocycles. The first kappa shape index (κ1) is 18.3. The fraction of sp³-hybridized carbons (Fsp3) is 0.500. The van der Waals surface area contributed by atoms with Gasteiger partial charge in [0.15, 0.2) is 0 Å². The first-order chi connectivity index (χ1) is 11.6. The third kappa shape index (κ3) is 4.03. The first-order valence-corrected chi connectivity index (χ1v) is 10.6. The van der Waals surface area contributed by atoms with Crippen molar-refractivity contribution in [3.05, 3.63) is 45.5 Å². The zero-order valence-electron chi connectivity index (χ0n) is 14.9. The molecule has 0 spiro atoms. The molecule has 136 valence electrons. The number of nitrogens with zero attached hydrogens (tertiary/aromatic N) is 2. The molecule has 1 saturated carbocycles. The van der Waals surface area contributed by atoms with E-state index in [-0.39, 0.29) is 10.3 Å². The van der Waals surface area contributed by atoms with Crippen LogP contribution < -0.4 is 4.80 Å². The Bertz CT molecular complexity index is 944. The van der Waals surface area contributed by atoms with E-state index >= 15 is 0 Å². The maximum absolute atomic E-state index is 13.1. The van der Waals surface area contributed by atoms with E-state index in [1.54, 1.807) is 0 Å². The number of thiazole rings is 1. The lowest BCUT2D eigenvalue weighted by atomic mass is 9.93. The third-order valence-corrected chi connectivity index (χ3v) is 7.29. The van der Waals surface area contributed by atoms with Crippen molar-refractivity contribution >= 4 is 21.4 Å². The van der Waals surface area contributed by atoms with Crippen molar-refractivity contribution in [3.63, 3.8) is 0 Å². The number of hydrogen-bond acceptors (Lipinski definition) is 3. The summed E-state index contributed by atoms with van der Waals surface area (Å²) in [7, 11) is -3.87. The molecule has 2 aromatic rings. The number of halogens is 1. The minimum Gasteiger partial charge on any atom is -0.320 e. The summed E-state index contributed by atoms with van der Waals surface area (Å²) in [4.78, 5) is 1.65. The molecule has 0 bridgehead atoms. The molecule has 1 fully saturated rings. The molecule has 0 saturated heterocycles. The molecular formula is C18H23FN2O2S2. The average Bonchev–Trinajstić information content (AvgIpc) is 3.26. The summed E-state index contributed by atoms with van der Waals surface area (Å²) in [6, 6.07) is 4.79. The highest BCUT2D eigenvalue weighted by Crippen LogP contribution is 2.33. The Morgan fingerprint density at radius 2 is 1.84 bits per heavy atom. The van der Waals surface area contributed by atoms with Crippen molar-refractivity contribution in [1.82, 2.24) is 4.57 Å². The van der Waals surface area contributed by atoms with Crippen LogP contribution in [0.1, 0.15) is 44.2 Å². The topological polar surface area (TPSA) is 51.4 Å². The molecule has 0 radical (unpaired) electrons. The van der Waals surface area contributed by atoms with Gasteiger partial charge in [-0.05, 0) is 55.4 Å². The minimum absolute atomic E-state index is 0.00948. The lowest BCUT2D eigenvalue weighted by Gasteiger charge is -2.17. The fourth-order valence-electron chi connectivity index (χ4n) is 2.79. The lowest BCUT2D eigenvalue weighted by Crippen LogP contribution is -2.20. The van der Waals surface area contributed by atoms with Gasteiger partial charge in [0.1, 0.15) is 5.82 Å². The summed E-state index contributed by atoms with van der Waals surface area (Å²) in [5.41, 5.74) is 1.01. The Labute approximate surface area is 152 Å². The number of rotatable bonds is 4. The standard InChI is InChI=1S/C18H23FN2O2S2/c1-12-16(18(2,3)4)24-17(21(12)11-13-5-6-13)20-25(22,23)15-9-7-14(19)8-10-15/h7-10,13H,5-6,11H2,1-4H3. The van der Waals surface area contributed by atoms with Crippen molar-refractivity contribution in [2.45, 2.75) is 57.4 Å². The Morgan fingerprint density at radius 3 is 2.36 bits per heavy atom. The normalized spacial score (nSPS) is 16.4. The second kappa shape index (κ2) is 6.36. The molecule has 0 unspecified atom stereocenters. The van der Waals surface area contributed by atoms with Crippen LogP contribution in [0.4, 0.5) is 4.39 Å². The molecular weight excluding hydrogens is 359 g/mol. The van der Waals surface area contributed by atoms with E-state index in [0.717, 1.165) is 29.2 Å². The van der Waals surface area contributed by atoms with E-state index in [0.29, 0.717) is 10.7 Å². The molecule has 0 N–H and O–H groups in total. The summed E-state index contributed by atoms with van der Waals surface area (Å²) >= 11 is 1.43. The van der Waals surface area contributed by atoms with Gasteiger partial charge in [-0.2, -0.15) is 8.42 Å². The fourth-order valence-corrected chi connectivity index (χ4v) is 5.19. The Kier molecular flexibility index (Phi) is 4.66. The van der Waals surface area contributed by atoms with Crippen molar-refractivity contribution in [1.29, 1.82) is 0 Å². The second-order valence-corrected chi connectivity index (χ2v) is 10.2. The van der Waals surface area contributed by atoms with Gasteiger partial charge in [0.25, 0.3) is 10.0 Å². The van der Waals surface area contributed by atoms with E-state index in [1.165, 1.54) is 36.3 Å². The van der Waals surface area contributed by atoms with Gasteiger partial charge in [-0.25, -0.2) is 4.39 Å². The van der Waals surface area contributed by atoms with Crippen LogP contribution in [0.3, 0.4) is 0 Å². The quantitative estimate of drug-likeness (QED) is 0.803. The Balaban J connectivity index is 2.14. The average molecular weight is 383 g/mol. The van der Waals surface area contributed by atoms with Gasteiger partial charge in [0.2, 0.25) is 4.80 Å². The molecule has 1 aliphatic rings. The molecule has 1 aromatic carbocycles. The molecule has 0 aliphatic heterocycles. The molecule has 25 heavy (non-hydrogen) atoms. The zero-order valence-corrected chi connectivity index (χ0v) is 16.5. The first-order valence-electron chi connectivity index (χ1n) is 8.35. The molecule has 1 aliphatic carbocycles. The largest absolute Gasteiger partial charge is 0.320 e. The van der Waals surface area contributed by atoms with E-state index in [4.69, 9.17) is 0 Å². The van der Waals surface area contributed by atoms with Crippen LogP contribution in [-0.2, 0) is 22.0 Å². The maximum atomic E-state index is 13.1. The Morgan fingerprint density at radius 1 is 1.24 bits per heavy atom. The van der Waals surface area contributed by atoms with E-state index in [9.17, 15) is 12.8 Å². The molecule has 0 amide bonds. The minimum atomic E-state index is -3.87. The molecule has 4 nitrogen and oxygen atoms in total. The predicted octanol–water partition coefficient (Wildman–Crippen LogP) is 3.99. The van der Waals surface area contributed by atoms with Crippen LogP contribution in [0.5, 0.6) is 0 Å². The number of aromatic nitrogens is 1. The van der Waals surface area contributed by atoms with Crippen LogP contribution in [0.25, 0.3) is 0 Å². The Hall–Kier alpha value is -1.47. The van der Waals surface area contributed by atoms with Crippen molar-refractivity contribution in [2.75, 3.05) is 0 Å². The van der Waals surface area contributed by atoms with Gasteiger partial charge in [0.05, 0.1) is 4.90 Å². The van der Waals surface area contributed by atoms with Crippen molar-refractivity contribution < 1.29 is 12.8 Å². The highest BCUT2D eigenvalue weighted by Gasteiger charge is 2.27. The summed E-state index contributed by atoms with van der Waals surface area (Å²) in [5.74, 6) is 0.137. The summed E-state index contributed by atoms with van der Waals surface area (Å²) in [6.07, 6.45) is 2.36. The number of benzene rings is 1. The van der Waals surface area contributed by atoms with Crippen LogP contribution in [0, 0.1) is 18.7 Å². The summed E-state index contributed by atoms with van der Waals surface area (Å²) in [5, 5.41) is 0. The highest BCUT2D eigenvalue weighted by atomic mass is 32.2. The molecule has 0 atom stereocenters. The van der Waals surface area contributed by atoms with Crippen molar-refractivity contribution in [2.24, 2.45) is 10.3 Å². The zero-order chi connectivity index (χ0) is 18.4. The van der Waals surface area contributed by atoms with Crippen molar-refractivity contribution in [3.8, 4) is 0 Å². The van der Waals surface area contributed by atoms with Gasteiger partial charge < -0.3 is 4.57 Å². The summed E-state index contributed by atoms with van der Waals surface area (Å²) in [6.45, 7) is 9.18. The molecule has 7 heteroatoms. The van der Waals surface area contributed by atoms with Gasteiger partial charge in [0, 0.05) is 17.1 Å². The van der Waals surface area contributed by atoms with Gasteiger partial charge in [-0.15, -0.1) is 15.7 Å². The van der Waals surface area contributed by atoms with Crippen LogP contribution in [-0.4, -0.2) is 13.0 Å². The van der Waals surface area contributed by atoms with Gasteiger partial charge in [-0.1, -0.05) is 20.8 Å². The monoisotopic (exact) mass is 382 g/mol. The van der Waals surface area contributed by atoms with E-state index in [2.05, 4.69) is 25.2 Å². The van der Waals surface area contributed by atoms with Gasteiger partial charge in [-0.3, -0.25) is 0 Å². The smallest absolute Gasteiger partial charge is 0.285 e. The van der Waals surface area contributed by atoms with E-state index in [1.807, 2.05) is 11.5 Å². The van der Waals surface area contributed by atoms with E-state index < -0.39 is 15.8 Å². The number of sulfonamides is 1.